The number of unbranched alkanes of at least 4 members (excludes halogenated alkanes) is 6. The average molecular weight is 457 g/mol. The van der Waals surface area contributed by atoms with Crippen LogP contribution in [0.4, 0.5) is 8.78 Å². The molecule has 33 heavy (non-hydrogen) atoms. The number of hydrogen-bond acceptors (Lipinski definition) is 1. The van der Waals surface area contributed by atoms with Gasteiger partial charge in [0.2, 0.25) is 0 Å². The molecule has 0 aliphatic heterocycles. The second kappa shape index (κ2) is 14.4. The Morgan fingerprint density at radius 3 is 1.79 bits per heavy atom. The van der Waals surface area contributed by atoms with Gasteiger partial charge in [0, 0.05) is 0 Å². The minimum absolute atomic E-state index is 0.197. The molecule has 1 aliphatic rings. The summed E-state index contributed by atoms with van der Waals surface area (Å²) in [5.41, 5.74) is 3.51. The lowest BCUT2D eigenvalue weighted by molar-refractivity contribution is -0.0498. The van der Waals surface area contributed by atoms with E-state index in [0.29, 0.717) is 0 Å². The third-order valence-corrected chi connectivity index (χ3v) is 7.39. The molecule has 0 radical (unpaired) electrons. The van der Waals surface area contributed by atoms with E-state index in [1.54, 1.807) is 12.1 Å². The van der Waals surface area contributed by atoms with Gasteiger partial charge in [-0.25, -0.2) is 0 Å². The van der Waals surface area contributed by atoms with E-state index in [4.69, 9.17) is 0 Å². The van der Waals surface area contributed by atoms with Crippen molar-refractivity contribution >= 4 is 0 Å². The lowest BCUT2D eigenvalue weighted by Crippen LogP contribution is -2.15. The quantitative estimate of drug-likeness (QED) is 0.257. The van der Waals surface area contributed by atoms with Gasteiger partial charge in [0.05, 0.1) is 0 Å². The molecule has 3 rings (SSSR count). The highest BCUT2D eigenvalue weighted by atomic mass is 19.3. The van der Waals surface area contributed by atoms with Gasteiger partial charge < -0.3 is 4.74 Å². The van der Waals surface area contributed by atoms with Crippen LogP contribution < -0.4 is 4.74 Å². The van der Waals surface area contributed by atoms with Gasteiger partial charge in [-0.15, -0.1) is 0 Å². The average Bonchev–Trinajstić information content (AvgIpc) is 2.83. The highest BCUT2D eigenvalue weighted by Gasteiger charge is 2.20. The van der Waals surface area contributed by atoms with Crippen molar-refractivity contribution in [2.24, 2.45) is 11.8 Å². The summed E-state index contributed by atoms with van der Waals surface area (Å²) in [7, 11) is 0. The summed E-state index contributed by atoms with van der Waals surface area (Å²) in [6.45, 7) is -0.497. The Hall–Kier alpha value is -1.90. The Balaban J connectivity index is 1.32. The van der Waals surface area contributed by atoms with E-state index in [2.05, 4.69) is 35.9 Å². The molecule has 0 heterocycles. The third-order valence-electron chi connectivity index (χ3n) is 7.39. The summed E-state index contributed by atoms with van der Waals surface area (Å²) in [5, 5.41) is 0. The molecule has 1 saturated carbocycles. The molecule has 1 nitrogen and oxygen atoms in total. The van der Waals surface area contributed by atoms with Crippen molar-refractivity contribution in [3.8, 4) is 16.9 Å². The Bertz CT molecular complexity index is 761. The van der Waals surface area contributed by atoms with Crippen molar-refractivity contribution in [2.75, 3.05) is 0 Å². The topological polar surface area (TPSA) is 9.23 Å². The van der Waals surface area contributed by atoms with Crippen LogP contribution in [0, 0.1) is 11.8 Å². The molecule has 1 aliphatic carbocycles. The molecular weight excluding hydrogens is 414 g/mol. The molecule has 0 spiro atoms. The lowest BCUT2D eigenvalue weighted by atomic mass is 9.77. The maximum absolute atomic E-state index is 12.3. The zero-order valence-corrected chi connectivity index (χ0v) is 20.4. The molecule has 0 atom stereocenters. The van der Waals surface area contributed by atoms with E-state index < -0.39 is 6.61 Å². The second-order valence-corrected chi connectivity index (χ2v) is 9.94. The van der Waals surface area contributed by atoms with Gasteiger partial charge in [0.25, 0.3) is 0 Å². The highest BCUT2D eigenvalue weighted by molar-refractivity contribution is 5.64. The first kappa shape index (κ1) is 25.7. The molecule has 1 fully saturated rings. The summed E-state index contributed by atoms with van der Waals surface area (Å²) in [6, 6.07) is 15.6. The maximum atomic E-state index is 12.3. The minimum atomic E-state index is -2.78. The van der Waals surface area contributed by atoms with Crippen LogP contribution in [0.25, 0.3) is 11.1 Å². The molecule has 3 heteroatoms. The number of halogens is 2. The molecule has 0 amide bonds. The van der Waals surface area contributed by atoms with Crippen molar-refractivity contribution in [3.63, 3.8) is 0 Å². The first-order valence-electron chi connectivity index (χ1n) is 13.3. The molecule has 0 bridgehead atoms. The van der Waals surface area contributed by atoms with Gasteiger partial charge in [-0.1, -0.05) is 120 Å². The van der Waals surface area contributed by atoms with E-state index in [1.165, 1.54) is 89.0 Å². The largest absolute Gasteiger partial charge is 0.435 e. The molecule has 2 aromatic rings. The molecule has 0 N–H and O–H groups in total. The minimum Gasteiger partial charge on any atom is -0.435 e. The number of rotatable bonds is 14. The van der Waals surface area contributed by atoms with E-state index in [9.17, 15) is 8.78 Å². The van der Waals surface area contributed by atoms with Crippen LogP contribution in [0.15, 0.2) is 48.5 Å². The van der Waals surface area contributed by atoms with Gasteiger partial charge in [-0.2, -0.15) is 8.78 Å². The van der Waals surface area contributed by atoms with Crippen molar-refractivity contribution in [2.45, 2.75) is 103 Å². The Morgan fingerprint density at radius 2 is 1.21 bits per heavy atom. The van der Waals surface area contributed by atoms with Crippen LogP contribution in [-0.4, -0.2) is 6.61 Å². The molecule has 0 aromatic heterocycles. The highest BCUT2D eigenvalue weighted by Crippen LogP contribution is 2.34. The summed E-state index contributed by atoms with van der Waals surface area (Å²) in [6.07, 6.45) is 19.5. The summed E-state index contributed by atoms with van der Waals surface area (Å²) >= 11 is 0. The second-order valence-electron chi connectivity index (χ2n) is 9.94. The predicted molar refractivity (Wildman–Crippen MR) is 135 cm³/mol. The van der Waals surface area contributed by atoms with E-state index >= 15 is 0 Å². The van der Waals surface area contributed by atoms with Gasteiger partial charge in [-0.3, -0.25) is 0 Å². The maximum Gasteiger partial charge on any atom is 0.387 e. The number of alkyl halides is 2. The van der Waals surface area contributed by atoms with Crippen LogP contribution in [-0.2, 0) is 6.42 Å². The Labute approximate surface area is 199 Å². The summed E-state index contributed by atoms with van der Waals surface area (Å²) in [5.74, 6) is 2.06. The SMILES string of the molecule is CCCCCCCCCC1CCC(CCc2ccc(-c3ccc(OC(F)F)cc3)cc2)CC1. The zero-order valence-electron chi connectivity index (χ0n) is 20.4. The first-order valence-corrected chi connectivity index (χ1v) is 13.3. The fourth-order valence-corrected chi connectivity index (χ4v) is 5.26. The van der Waals surface area contributed by atoms with Crippen LogP contribution in [0.2, 0.25) is 0 Å². The molecule has 0 saturated heterocycles. The predicted octanol–water partition coefficient (Wildman–Crippen LogP) is 9.83. The molecule has 2 aromatic carbocycles. The van der Waals surface area contributed by atoms with Crippen LogP contribution >= 0.6 is 0 Å². The lowest BCUT2D eigenvalue weighted by Gasteiger charge is -2.28. The normalized spacial score (nSPS) is 18.5. The molecule has 182 valence electrons. The van der Waals surface area contributed by atoms with Crippen LogP contribution in [0.5, 0.6) is 5.75 Å². The van der Waals surface area contributed by atoms with Crippen molar-refractivity contribution < 1.29 is 13.5 Å². The molecular formula is C30H42F2O. The van der Waals surface area contributed by atoms with Crippen LogP contribution in [0.3, 0.4) is 0 Å². The van der Waals surface area contributed by atoms with Crippen LogP contribution in [0.1, 0.15) is 96.0 Å². The van der Waals surface area contributed by atoms with Crippen molar-refractivity contribution in [1.29, 1.82) is 0 Å². The Morgan fingerprint density at radius 1 is 0.697 bits per heavy atom. The number of benzene rings is 2. The first-order chi connectivity index (χ1) is 16.1. The van der Waals surface area contributed by atoms with Crippen molar-refractivity contribution in [3.05, 3.63) is 54.1 Å². The van der Waals surface area contributed by atoms with Crippen molar-refractivity contribution in [1.82, 2.24) is 0 Å². The van der Waals surface area contributed by atoms with Gasteiger partial charge in [0.1, 0.15) is 5.75 Å². The van der Waals surface area contributed by atoms with Gasteiger partial charge in [-0.05, 0) is 53.5 Å². The standard InChI is InChI=1S/C30H42F2O/c1-2-3-4-5-6-7-8-9-24-10-12-25(13-11-24)14-15-26-16-18-27(19-17-26)28-20-22-29(23-21-28)33-30(31)32/h16-25,30H,2-15H2,1H3. The van der Waals surface area contributed by atoms with E-state index in [-0.39, 0.29) is 5.75 Å². The number of ether oxygens (including phenoxy) is 1. The third kappa shape index (κ3) is 9.47. The number of hydrogen-bond donors (Lipinski definition) is 0. The van der Waals surface area contributed by atoms with Gasteiger partial charge in [0.15, 0.2) is 0 Å². The summed E-state index contributed by atoms with van der Waals surface area (Å²) in [4.78, 5) is 0. The zero-order chi connectivity index (χ0) is 23.3. The monoisotopic (exact) mass is 456 g/mol. The van der Waals surface area contributed by atoms with E-state index in [1.807, 2.05) is 12.1 Å². The number of aryl methyl sites for hydroxylation is 1. The fraction of sp³-hybridized carbons (Fsp3) is 0.600. The fourth-order valence-electron chi connectivity index (χ4n) is 5.26. The molecule has 0 unspecified atom stereocenters. The van der Waals surface area contributed by atoms with E-state index in [0.717, 1.165) is 29.4 Å². The smallest absolute Gasteiger partial charge is 0.387 e. The Kier molecular flexibility index (Phi) is 11.2. The van der Waals surface area contributed by atoms with Gasteiger partial charge >= 0.3 is 6.61 Å². The summed E-state index contributed by atoms with van der Waals surface area (Å²) < 4.78 is 29.0.